The normalized spacial score (nSPS) is 11.9. The predicted octanol–water partition coefficient (Wildman–Crippen LogP) is 12.6. The molecule has 4 heterocycles. The highest BCUT2D eigenvalue weighted by Gasteiger charge is 2.27. The lowest BCUT2D eigenvalue weighted by molar-refractivity contribution is 1.01. The fourth-order valence-corrected chi connectivity index (χ4v) is 10.0. The molecular formula is C52H32N6. The van der Waals surface area contributed by atoms with Gasteiger partial charge in [-0.3, -0.25) is 0 Å². The van der Waals surface area contributed by atoms with Crippen LogP contribution in [0.4, 0.5) is 0 Å². The van der Waals surface area contributed by atoms with Gasteiger partial charge in [0.05, 0.1) is 56.1 Å². The fourth-order valence-electron chi connectivity index (χ4n) is 10.0. The maximum absolute atomic E-state index is 11.8. The molecule has 0 radical (unpaired) electrons. The van der Waals surface area contributed by atoms with Crippen LogP contribution in [0.1, 0.15) is 11.1 Å². The first-order chi connectivity index (χ1) is 28.6. The lowest BCUT2D eigenvalue weighted by atomic mass is 9.96. The summed E-state index contributed by atoms with van der Waals surface area (Å²) in [6.07, 6.45) is 0. The summed E-state index contributed by atoms with van der Waals surface area (Å²) in [6.45, 7) is 0. The first kappa shape index (κ1) is 32.2. The summed E-state index contributed by atoms with van der Waals surface area (Å²) < 4.78 is 9.21. The number of nitrogens with zero attached hydrogens (tertiary/aromatic N) is 6. The average molecular weight is 741 g/mol. The Balaban J connectivity index is 1.32. The second-order valence-electron chi connectivity index (χ2n) is 15.2. The quantitative estimate of drug-likeness (QED) is 0.181. The van der Waals surface area contributed by atoms with E-state index in [1.165, 1.54) is 16.2 Å². The molecule has 0 aliphatic rings. The van der Waals surface area contributed by atoms with Gasteiger partial charge in [-0.2, -0.15) is 10.5 Å². The molecule has 0 saturated heterocycles. The Kier molecular flexibility index (Phi) is 6.51. The van der Waals surface area contributed by atoms with Crippen molar-refractivity contribution in [3.8, 4) is 34.6 Å². The molecule has 0 fully saturated rings. The lowest BCUT2D eigenvalue weighted by Crippen LogP contribution is -2.07. The first-order valence-electron chi connectivity index (χ1n) is 19.4. The molecule has 0 spiro atoms. The molecule has 12 aromatic rings. The van der Waals surface area contributed by atoms with Gasteiger partial charge in [0.25, 0.3) is 0 Å². The van der Waals surface area contributed by atoms with E-state index < -0.39 is 0 Å². The van der Waals surface area contributed by atoms with Crippen molar-refractivity contribution in [2.24, 2.45) is 14.1 Å². The summed E-state index contributed by atoms with van der Waals surface area (Å²) >= 11 is 0. The lowest BCUT2D eigenvalue weighted by Gasteiger charge is -2.20. The summed E-state index contributed by atoms with van der Waals surface area (Å²) in [4.78, 5) is 0. The monoisotopic (exact) mass is 740 g/mol. The number of benzene rings is 8. The van der Waals surface area contributed by atoms with Gasteiger partial charge >= 0.3 is 0 Å². The van der Waals surface area contributed by atoms with Crippen LogP contribution in [0.2, 0.25) is 0 Å². The third-order valence-electron chi connectivity index (χ3n) is 12.4. The summed E-state index contributed by atoms with van der Waals surface area (Å²) in [5.74, 6) is 0. The molecular weight excluding hydrogens is 709 g/mol. The average Bonchev–Trinajstić information content (AvgIpc) is 3.98. The van der Waals surface area contributed by atoms with Crippen LogP contribution in [-0.2, 0) is 14.1 Å². The van der Waals surface area contributed by atoms with E-state index in [4.69, 9.17) is 0 Å². The summed E-state index contributed by atoms with van der Waals surface area (Å²) in [7, 11) is 4.28. The van der Waals surface area contributed by atoms with Crippen molar-refractivity contribution in [2.75, 3.05) is 0 Å². The van der Waals surface area contributed by atoms with Crippen molar-refractivity contribution in [3.63, 3.8) is 0 Å². The number of para-hydroxylation sites is 4. The van der Waals surface area contributed by atoms with Gasteiger partial charge < -0.3 is 18.3 Å². The molecule has 0 aliphatic carbocycles. The molecule has 6 nitrogen and oxygen atoms in total. The van der Waals surface area contributed by atoms with Gasteiger partial charge in [0.1, 0.15) is 11.6 Å². The predicted molar refractivity (Wildman–Crippen MR) is 238 cm³/mol. The van der Waals surface area contributed by atoms with E-state index in [1.807, 2.05) is 24.3 Å². The molecule has 270 valence electrons. The summed E-state index contributed by atoms with van der Waals surface area (Å²) in [6, 6.07) is 60.2. The van der Waals surface area contributed by atoms with Gasteiger partial charge in [-0.1, -0.05) is 115 Å². The highest BCUT2D eigenvalue weighted by atomic mass is 15.1. The number of hydrogen-bond donors (Lipinski definition) is 0. The minimum absolute atomic E-state index is 0.539. The minimum Gasteiger partial charge on any atom is -0.342 e. The Labute approximate surface area is 332 Å². The van der Waals surface area contributed by atoms with E-state index >= 15 is 0 Å². The van der Waals surface area contributed by atoms with Crippen LogP contribution in [0.5, 0.6) is 0 Å². The van der Waals surface area contributed by atoms with Gasteiger partial charge in [-0.05, 0) is 48.0 Å². The molecule has 12 rings (SSSR count). The van der Waals surface area contributed by atoms with E-state index in [9.17, 15) is 10.5 Å². The number of hydrogen-bond acceptors (Lipinski definition) is 2. The fraction of sp³-hybridized carbons (Fsp3) is 0.0385. The van der Waals surface area contributed by atoms with Crippen LogP contribution in [0.25, 0.3) is 110 Å². The Morgan fingerprint density at radius 1 is 0.397 bits per heavy atom. The van der Waals surface area contributed by atoms with Gasteiger partial charge in [0.15, 0.2) is 0 Å². The van der Waals surface area contributed by atoms with Crippen molar-refractivity contribution >= 4 is 87.2 Å². The molecule has 6 heteroatoms. The third-order valence-corrected chi connectivity index (χ3v) is 12.4. The van der Waals surface area contributed by atoms with E-state index in [0.29, 0.717) is 11.1 Å². The minimum atomic E-state index is 0.539. The Morgan fingerprint density at radius 3 is 1.40 bits per heavy atom. The molecule has 8 aromatic carbocycles. The van der Waals surface area contributed by atoms with E-state index in [1.54, 1.807) is 0 Å². The molecule has 0 atom stereocenters. The molecule has 0 aliphatic heterocycles. The van der Waals surface area contributed by atoms with E-state index in [0.717, 1.165) is 93.6 Å². The number of fused-ring (bicyclic) bond motifs is 14. The molecule has 0 unspecified atom stereocenters. The second-order valence-corrected chi connectivity index (χ2v) is 15.2. The number of aryl methyl sites for hydroxylation is 2. The topological polar surface area (TPSA) is 67.3 Å². The van der Waals surface area contributed by atoms with E-state index in [-0.39, 0.29) is 0 Å². The Bertz CT molecular complexity index is 3850. The van der Waals surface area contributed by atoms with Gasteiger partial charge in [0.2, 0.25) is 0 Å². The first-order valence-corrected chi connectivity index (χ1v) is 19.4. The molecule has 4 aromatic heterocycles. The second kappa shape index (κ2) is 11.7. The Hall–Kier alpha value is -8.06. The number of rotatable bonds is 3. The molecule has 0 N–H and O–H groups in total. The highest BCUT2D eigenvalue weighted by Crippen LogP contribution is 2.46. The SMILES string of the molecule is Cn1c2ccccc2c2ccc3c4ccccc4n(-c4ccc(-c5cccc(C#N)c5)c(-n5c6ccccc6c6ccc7c8ccccc8n(C)c7c65)c4C#N)c3c21. The highest BCUT2D eigenvalue weighted by molar-refractivity contribution is 6.25. The summed E-state index contributed by atoms with van der Waals surface area (Å²) in [5.41, 5.74) is 13.0. The van der Waals surface area contributed by atoms with Crippen LogP contribution in [-0.4, -0.2) is 18.3 Å². The van der Waals surface area contributed by atoms with Crippen LogP contribution >= 0.6 is 0 Å². The molecule has 58 heavy (non-hydrogen) atoms. The Morgan fingerprint density at radius 2 is 0.862 bits per heavy atom. The van der Waals surface area contributed by atoms with Crippen LogP contribution in [0.15, 0.2) is 158 Å². The van der Waals surface area contributed by atoms with Crippen LogP contribution in [0, 0.1) is 22.7 Å². The van der Waals surface area contributed by atoms with Crippen molar-refractivity contribution in [1.82, 2.24) is 18.3 Å². The van der Waals surface area contributed by atoms with Crippen molar-refractivity contribution in [2.45, 2.75) is 0 Å². The van der Waals surface area contributed by atoms with Gasteiger partial charge in [0, 0.05) is 73.8 Å². The van der Waals surface area contributed by atoms with Crippen LogP contribution in [0.3, 0.4) is 0 Å². The molecule has 0 bridgehead atoms. The zero-order valence-electron chi connectivity index (χ0n) is 31.7. The standard InChI is InChI=1S/C52H32N6/c1-55-43-18-7-3-14-34(43)38-22-24-40-36-16-5-9-20-45(36)57(51(40)49(38)55)47-27-26-33(32-13-11-12-31(28-32)29-53)48(42(47)30-54)58-46-21-10-6-17-37(46)41-25-23-39-35-15-4-8-19-44(35)56(2)50(39)52(41)58/h3-28H,1-2H3. The van der Waals surface area contributed by atoms with Crippen molar-refractivity contribution in [3.05, 3.63) is 169 Å². The van der Waals surface area contributed by atoms with Crippen molar-refractivity contribution < 1.29 is 0 Å². The van der Waals surface area contributed by atoms with Gasteiger partial charge in [-0.15, -0.1) is 0 Å². The van der Waals surface area contributed by atoms with Gasteiger partial charge in [-0.25, -0.2) is 0 Å². The molecule has 0 amide bonds. The number of aromatic nitrogens is 4. The smallest absolute Gasteiger partial charge is 0.104 e. The van der Waals surface area contributed by atoms with Crippen molar-refractivity contribution in [1.29, 1.82) is 10.5 Å². The zero-order valence-corrected chi connectivity index (χ0v) is 31.7. The summed E-state index contributed by atoms with van der Waals surface area (Å²) in [5, 5.41) is 31.0. The zero-order chi connectivity index (χ0) is 38.8. The molecule has 0 saturated carbocycles. The van der Waals surface area contributed by atoms with E-state index in [2.05, 4.69) is 178 Å². The third kappa shape index (κ3) is 4.08. The largest absolute Gasteiger partial charge is 0.342 e. The van der Waals surface area contributed by atoms with Crippen LogP contribution < -0.4 is 0 Å². The number of nitriles is 2. The maximum atomic E-state index is 11.8. The maximum Gasteiger partial charge on any atom is 0.104 e.